The Balaban J connectivity index is 0. The lowest BCUT2D eigenvalue weighted by molar-refractivity contribution is 0.108. The molecule has 0 bridgehead atoms. The summed E-state index contributed by atoms with van der Waals surface area (Å²) in [5.74, 6) is 3.40. The lowest BCUT2D eigenvalue weighted by atomic mass is 10.0. The maximum Gasteiger partial charge on any atom is 0 e. The first-order valence-electron chi connectivity index (χ1n) is 4.31. The average molecular weight is 224 g/mol. The summed E-state index contributed by atoms with van der Waals surface area (Å²) in [4.78, 5) is 0. The van der Waals surface area contributed by atoms with E-state index in [2.05, 4.69) is 6.92 Å². The molecule has 0 heterocycles. The van der Waals surface area contributed by atoms with Crippen molar-refractivity contribution in [1.29, 1.82) is 0 Å². The van der Waals surface area contributed by atoms with Gasteiger partial charge in [-0.05, 0) is 43.4 Å². The fourth-order valence-electron chi connectivity index (χ4n) is 1.63. The molecule has 0 aliphatic heterocycles. The van der Waals surface area contributed by atoms with Gasteiger partial charge in [0.05, 0.1) is 0 Å². The van der Waals surface area contributed by atoms with E-state index in [-0.39, 0.29) is 0 Å². The minimum absolute atomic E-state index is 1.09. The Morgan fingerprint density at radius 3 is 1.07 bits per heavy atom. The van der Waals surface area contributed by atoms with E-state index in [1.807, 2.05) is 0 Å². The summed E-state index contributed by atoms with van der Waals surface area (Å²) >= 11 is 0. The molecule has 2 fully saturated rings. The molecule has 6 heteroatoms. The monoisotopic (exact) mass is 224 g/mol. The van der Waals surface area contributed by atoms with Crippen molar-refractivity contribution in [2.75, 3.05) is 0 Å². The second-order valence-electron chi connectivity index (χ2n) is 3.53. The highest BCUT2D eigenvalue weighted by molar-refractivity contribution is 4.88. The number of halogens is 6. The van der Waals surface area contributed by atoms with Crippen LogP contribution in [0.25, 0.3) is 0 Å². The Morgan fingerprint density at radius 1 is 0.714 bits per heavy atom. The third-order valence-corrected chi connectivity index (χ3v) is 2.73. The van der Waals surface area contributed by atoms with Crippen LogP contribution in [0.2, 0.25) is 0 Å². The van der Waals surface area contributed by atoms with E-state index in [1.54, 1.807) is 0 Å². The molecule has 14 heavy (non-hydrogen) atoms. The summed E-state index contributed by atoms with van der Waals surface area (Å²) in [6, 6.07) is 0. The van der Waals surface area contributed by atoms with Gasteiger partial charge in [-0.15, -0.1) is 0 Å². The van der Waals surface area contributed by atoms with Gasteiger partial charge in [0, 0.05) is 27.4 Å². The molecule has 2 aliphatic rings. The second-order valence-corrected chi connectivity index (χ2v) is 3.53. The first-order valence-corrected chi connectivity index (χ1v) is 4.31. The standard InChI is InChI=1S/C8H14.3F2/c1-6(7-2-3-7)8-4-5-8;3*1-2/h6-8H,2-5H2,1H3;;;. The van der Waals surface area contributed by atoms with Gasteiger partial charge < -0.3 is 0 Å². The van der Waals surface area contributed by atoms with Crippen molar-refractivity contribution < 1.29 is 27.4 Å². The van der Waals surface area contributed by atoms with E-state index in [9.17, 15) is 0 Å². The van der Waals surface area contributed by atoms with Gasteiger partial charge in [-0.25, -0.2) is 0 Å². The molecule has 0 aromatic heterocycles. The fraction of sp³-hybridized carbons (Fsp3) is 1.00. The van der Waals surface area contributed by atoms with E-state index in [0.717, 1.165) is 17.8 Å². The molecule has 0 amide bonds. The Kier molecular flexibility index (Phi) is 12.2. The SMILES string of the molecule is CC(C1CC1)C1CC1.FF.FF.FF. The van der Waals surface area contributed by atoms with Crippen molar-refractivity contribution >= 4 is 0 Å². The Morgan fingerprint density at radius 2 is 0.929 bits per heavy atom. The van der Waals surface area contributed by atoms with Gasteiger partial charge in [-0.2, -0.15) is 0 Å². The van der Waals surface area contributed by atoms with Gasteiger partial charge in [0.15, 0.2) is 0 Å². The topological polar surface area (TPSA) is 0 Å². The maximum atomic E-state index is 8.00. The molecule has 88 valence electrons. The lowest BCUT2D eigenvalue weighted by Gasteiger charge is -2.04. The molecule has 0 nitrogen and oxygen atoms in total. The summed E-state index contributed by atoms with van der Waals surface area (Å²) in [6.07, 6.45) is 6.16. The zero-order chi connectivity index (χ0) is 11.6. The molecule has 0 spiro atoms. The Bertz CT molecular complexity index is 90.0. The molecule has 2 rings (SSSR count). The van der Waals surface area contributed by atoms with E-state index >= 15 is 0 Å². The first kappa shape index (κ1) is 16.0. The van der Waals surface area contributed by atoms with Crippen molar-refractivity contribution in [1.82, 2.24) is 0 Å². The highest BCUT2D eigenvalue weighted by Crippen LogP contribution is 2.48. The minimum atomic E-state index is 1.09. The summed E-state index contributed by atoms with van der Waals surface area (Å²) in [7, 11) is 0. The highest BCUT2D eigenvalue weighted by atomic mass is 20.0. The Hall–Kier alpha value is -0.420. The van der Waals surface area contributed by atoms with Gasteiger partial charge in [-0.3, -0.25) is 0 Å². The zero-order valence-electron chi connectivity index (χ0n) is 7.83. The van der Waals surface area contributed by atoms with Gasteiger partial charge in [0.25, 0.3) is 0 Å². The average Bonchev–Trinajstić information content (AvgIpc) is 3.16. The van der Waals surface area contributed by atoms with Crippen molar-refractivity contribution in [3.8, 4) is 0 Å². The highest BCUT2D eigenvalue weighted by Gasteiger charge is 2.37. The van der Waals surface area contributed by atoms with Gasteiger partial charge in [-0.1, -0.05) is 6.92 Å². The molecule has 2 saturated carbocycles. The van der Waals surface area contributed by atoms with Crippen molar-refractivity contribution in [3.05, 3.63) is 0 Å². The Labute approximate surface area is 78.9 Å². The molecule has 0 aromatic carbocycles. The predicted molar refractivity (Wildman–Crippen MR) is 41.3 cm³/mol. The third kappa shape index (κ3) is 7.03. The first-order chi connectivity index (χ1) is 6.88. The van der Waals surface area contributed by atoms with Crippen LogP contribution in [-0.4, -0.2) is 0 Å². The molecule has 0 N–H and O–H groups in total. The van der Waals surface area contributed by atoms with Crippen LogP contribution < -0.4 is 0 Å². The van der Waals surface area contributed by atoms with Crippen LogP contribution in [0.4, 0.5) is 27.4 Å². The summed E-state index contributed by atoms with van der Waals surface area (Å²) in [6.45, 7) is 2.44. The molecular formula is C8H14F6. The number of hydrogen-bond donors (Lipinski definition) is 0. The van der Waals surface area contributed by atoms with Crippen LogP contribution in [0.5, 0.6) is 0 Å². The molecule has 0 atom stereocenters. The van der Waals surface area contributed by atoms with Crippen LogP contribution in [0.1, 0.15) is 32.6 Å². The normalized spacial score (nSPS) is 18.0. The van der Waals surface area contributed by atoms with Gasteiger partial charge >= 0.3 is 0 Å². The van der Waals surface area contributed by atoms with E-state index in [4.69, 9.17) is 27.4 Å². The zero-order valence-corrected chi connectivity index (χ0v) is 7.83. The molecule has 0 radical (unpaired) electrons. The van der Waals surface area contributed by atoms with Crippen molar-refractivity contribution in [2.24, 2.45) is 17.8 Å². The van der Waals surface area contributed by atoms with Crippen LogP contribution in [0, 0.1) is 17.8 Å². The maximum absolute atomic E-state index is 8.00. The van der Waals surface area contributed by atoms with Crippen LogP contribution in [0.3, 0.4) is 0 Å². The fourth-order valence-corrected chi connectivity index (χ4v) is 1.63. The smallest absolute Gasteiger partial charge is 0 e. The minimum Gasteiger partial charge on any atom is -0.0620 e. The molecule has 0 saturated heterocycles. The molecular weight excluding hydrogens is 210 g/mol. The summed E-state index contributed by atoms with van der Waals surface area (Å²) in [5.41, 5.74) is 0. The summed E-state index contributed by atoms with van der Waals surface area (Å²) < 4.78 is 48.0. The van der Waals surface area contributed by atoms with Gasteiger partial charge in [0.2, 0.25) is 0 Å². The number of rotatable bonds is 2. The second kappa shape index (κ2) is 10.7. The molecule has 2 aliphatic carbocycles. The van der Waals surface area contributed by atoms with E-state index in [0.29, 0.717) is 0 Å². The summed E-state index contributed by atoms with van der Waals surface area (Å²) in [5, 5.41) is 0. The van der Waals surface area contributed by atoms with E-state index in [1.165, 1.54) is 25.7 Å². The van der Waals surface area contributed by atoms with Crippen LogP contribution in [-0.2, 0) is 0 Å². The molecule has 0 unspecified atom stereocenters. The number of hydrogen-bond acceptors (Lipinski definition) is 0. The van der Waals surface area contributed by atoms with Crippen molar-refractivity contribution in [3.63, 3.8) is 0 Å². The van der Waals surface area contributed by atoms with Crippen LogP contribution in [0.15, 0.2) is 0 Å². The quantitative estimate of drug-likeness (QED) is 0.581. The molecule has 0 aromatic rings. The third-order valence-electron chi connectivity index (χ3n) is 2.73. The van der Waals surface area contributed by atoms with Crippen molar-refractivity contribution in [2.45, 2.75) is 32.6 Å². The van der Waals surface area contributed by atoms with E-state index < -0.39 is 0 Å². The van der Waals surface area contributed by atoms with Crippen LogP contribution >= 0.6 is 0 Å². The predicted octanol–water partition coefficient (Wildman–Crippen LogP) is 4.96. The lowest BCUT2D eigenvalue weighted by Crippen LogP contribution is -1.97. The largest absolute Gasteiger partial charge is 0.0620 e. The van der Waals surface area contributed by atoms with Gasteiger partial charge in [0.1, 0.15) is 0 Å².